The zero-order valence-electron chi connectivity index (χ0n) is 17.3. The van der Waals surface area contributed by atoms with Gasteiger partial charge in [0.15, 0.2) is 5.82 Å². The summed E-state index contributed by atoms with van der Waals surface area (Å²) in [4.78, 5) is 28.9. The van der Waals surface area contributed by atoms with Crippen molar-refractivity contribution in [2.24, 2.45) is 5.41 Å². The Morgan fingerprint density at radius 3 is 2.73 bits per heavy atom. The molecule has 9 nitrogen and oxygen atoms in total. The van der Waals surface area contributed by atoms with Crippen LogP contribution in [0.15, 0.2) is 23.1 Å². The summed E-state index contributed by atoms with van der Waals surface area (Å²) in [5.74, 6) is 0.165. The minimum Gasteiger partial charge on any atom is -0.461 e. The van der Waals surface area contributed by atoms with Gasteiger partial charge in [-0.2, -0.15) is 4.68 Å². The maximum Gasteiger partial charge on any atom is 0.489 e. The molecule has 156 valence electrons. The van der Waals surface area contributed by atoms with Gasteiger partial charge in [-0.15, -0.1) is 5.10 Å². The van der Waals surface area contributed by atoms with Crippen molar-refractivity contribution in [2.75, 3.05) is 0 Å². The monoisotopic (exact) mass is 410 g/mol. The highest BCUT2D eigenvalue weighted by atomic mass is 16.5. The van der Waals surface area contributed by atoms with Gasteiger partial charge in [-0.1, -0.05) is 13.8 Å². The van der Waals surface area contributed by atoms with Crippen molar-refractivity contribution < 1.29 is 19.6 Å². The summed E-state index contributed by atoms with van der Waals surface area (Å²) in [6, 6.07) is 3.30. The molecule has 1 aliphatic carbocycles. The summed E-state index contributed by atoms with van der Waals surface area (Å²) in [7, 11) is -1.82. The summed E-state index contributed by atoms with van der Waals surface area (Å²) in [5.41, 5.74) is 2.77. The lowest BCUT2D eigenvalue weighted by atomic mass is 9.77. The molecule has 0 fully saturated rings. The third-order valence-electron chi connectivity index (χ3n) is 5.46. The number of esters is 1. The molecular weight excluding hydrogens is 387 g/mol. The Bertz CT molecular complexity index is 1230. The predicted octanol–water partition coefficient (Wildman–Crippen LogP) is 0.0563. The van der Waals surface area contributed by atoms with Crippen molar-refractivity contribution in [3.63, 3.8) is 0 Å². The van der Waals surface area contributed by atoms with Gasteiger partial charge in [0.2, 0.25) is 0 Å². The number of hydrogen-bond acceptors (Lipinski definition) is 7. The van der Waals surface area contributed by atoms with Crippen LogP contribution in [0.1, 0.15) is 43.4 Å². The highest BCUT2D eigenvalue weighted by molar-refractivity contribution is 6.59. The second kappa shape index (κ2) is 7.07. The molecule has 0 amide bonds. The molecule has 30 heavy (non-hydrogen) atoms. The van der Waals surface area contributed by atoms with E-state index in [-0.39, 0.29) is 34.4 Å². The SMILES string of the molecule is CC(=O)OCc1c(B(O)O)ccnc1-n1nc(C)n2c3c(cc2c1=O)CC(C)(C)C3. The molecule has 1 aliphatic rings. The fourth-order valence-electron chi connectivity index (χ4n) is 4.23. The van der Waals surface area contributed by atoms with Crippen molar-refractivity contribution in [1.29, 1.82) is 0 Å². The van der Waals surface area contributed by atoms with Crippen LogP contribution in [-0.2, 0) is 29.0 Å². The van der Waals surface area contributed by atoms with E-state index in [0.29, 0.717) is 11.3 Å². The van der Waals surface area contributed by atoms with Crippen LogP contribution in [0.3, 0.4) is 0 Å². The number of aryl methyl sites for hydroxylation is 1. The standard InChI is InChI=1S/C20H23BN4O5/c1-11-23-25(18-14(10-30-12(2)26)15(21(28)29)5-6-22-18)19(27)16-7-13-8-20(3,4)9-17(13)24(11)16/h5-7,28-29H,8-10H2,1-4H3. The average Bonchev–Trinajstić information content (AvgIpc) is 3.14. The minimum atomic E-state index is -1.82. The summed E-state index contributed by atoms with van der Waals surface area (Å²) in [6.07, 6.45) is 3.09. The van der Waals surface area contributed by atoms with Gasteiger partial charge in [0.25, 0.3) is 5.56 Å². The summed E-state index contributed by atoms with van der Waals surface area (Å²) in [5, 5.41) is 23.9. The minimum absolute atomic E-state index is 0.0899. The van der Waals surface area contributed by atoms with E-state index in [1.54, 1.807) is 0 Å². The molecule has 0 bridgehead atoms. The lowest BCUT2D eigenvalue weighted by molar-refractivity contribution is -0.142. The molecule has 3 heterocycles. The van der Waals surface area contributed by atoms with Crippen molar-refractivity contribution in [2.45, 2.75) is 47.1 Å². The van der Waals surface area contributed by atoms with E-state index in [9.17, 15) is 19.6 Å². The molecule has 0 aromatic carbocycles. The maximum atomic E-state index is 13.3. The van der Waals surface area contributed by atoms with Crippen LogP contribution < -0.4 is 11.0 Å². The first-order valence-corrected chi connectivity index (χ1v) is 9.70. The zero-order chi connectivity index (χ0) is 21.8. The van der Waals surface area contributed by atoms with E-state index in [1.165, 1.54) is 19.2 Å². The molecule has 0 atom stereocenters. The molecule has 0 radical (unpaired) electrons. The second-order valence-electron chi connectivity index (χ2n) is 8.48. The first-order chi connectivity index (χ1) is 14.1. The maximum absolute atomic E-state index is 13.3. The smallest absolute Gasteiger partial charge is 0.461 e. The molecule has 0 aliphatic heterocycles. The topological polar surface area (TPSA) is 119 Å². The first kappa shape index (κ1) is 20.3. The van der Waals surface area contributed by atoms with Crippen molar-refractivity contribution in [3.05, 3.63) is 51.3 Å². The molecule has 10 heteroatoms. The number of carbonyl (C=O) groups excluding carboxylic acids is 1. The average molecular weight is 410 g/mol. The molecular formula is C20H23BN4O5. The van der Waals surface area contributed by atoms with Crippen LogP contribution in [0.5, 0.6) is 0 Å². The summed E-state index contributed by atoms with van der Waals surface area (Å²) < 4.78 is 8.08. The highest BCUT2D eigenvalue weighted by Crippen LogP contribution is 2.37. The number of aromatic nitrogens is 4. The molecule has 0 unspecified atom stereocenters. The lowest BCUT2D eigenvalue weighted by Gasteiger charge is -2.17. The fourth-order valence-corrected chi connectivity index (χ4v) is 4.23. The number of pyridine rings is 1. The van der Waals surface area contributed by atoms with Crippen molar-refractivity contribution >= 4 is 24.1 Å². The third kappa shape index (κ3) is 3.31. The van der Waals surface area contributed by atoms with Crippen LogP contribution in [0, 0.1) is 12.3 Å². The summed E-state index contributed by atoms with van der Waals surface area (Å²) >= 11 is 0. The van der Waals surface area contributed by atoms with Crippen LogP contribution in [0.2, 0.25) is 0 Å². The number of nitrogens with zero attached hydrogens (tertiary/aromatic N) is 4. The van der Waals surface area contributed by atoms with Gasteiger partial charge in [-0.25, -0.2) is 4.98 Å². The molecule has 0 saturated carbocycles. The number of rotatable bonds is 4. The van der Waals surface area contributed by atoms with Gasteiger partial charge in [0.1, 0.15) is 17.9 Å². The van der Waals surface area contributed by atoms with E-state index in [2.05, 4.69) is 23.9 Å². The number of fused-ring (bicyclic) bond motifs is 3. The second-order valence-corrected chi connectivity index (χ2v) is 8.48. The molecule has 0 saturated heterocycles. The summed E-state index contributed by atoms with van der Waals surface area (Å²) in [6.45, 7) is 7.18. The zero-order valence-corrected chi connectivity index (χ0v) is 17.3. The van der Waals surface area contributed by atoms with Crippen LogP contribution in [-0.4, -0.2) is 42.3 Å². The van der Waals surface area contributed by atoms with Gasteiger partial charge in [-0.3, -0.25) is 14.0 Å². The van der Waals surface area contributed by atoms with E-state index in [4.69, 9.17) is 4.74 Å². The largest absolute Gasteiger partial charge is 0.489 e. The normalized spacial score (nSPS) is 14.7. The highest BCUT2D eigenvalue weighted by Gasteiger charge is 2.33. The van der Waals surface area contributed by atoms with Gasteiger partial charge in [-0.05, 0) is 48.3 Å². The van der Waals surface area contributed by atoms with E-state index >= 15 is 0 Å². The Kier molecular flexibility index (Phi) is 4.78. The Labute approximate surface area is 173 Å². The number of ether oxygens (including phenoxy) is 1. The Morgan fingerprint density at radius 2 is 2.07 bits per heavy atom. The Hall–Kier alpha value is -2.98. The van der Waals surface area contributed by atoms with Crippen molar-refractivity contribution in [1.82, 2.24) is 19.2 Å². The number of hydrogen-bond donors (Lipinski definition) is 2. The third-order valence-corrected chi connectivity index (χ3v) is 5.46. The van der Waals surface area contributed by atoms with Gasteiger partial charge < -0.3 is 14.8 Å². The molecule has 3 aromatic rings. The van der Waals surface area contributed by atoms with Crippen LogP contribution >= 0.6 is 0 Å². The van der Waals surface area contributed by atoms with E-state index in [0.717, 1.165) is 28.8 Å². The van der Waals surface area contributed by atoms with E-state index < -0.39 is 13.1 Å². The van der Waals surface area contributed by atoms with Gasteiger partial charge >= 0.3 is 13.1 Å². The molecule has 3 aromatic heterocycles. The molecule has 0 spiro atoms. The van der Waals surface area contributed by atoms with Crippen molar-refractivity contribution in [3.8, 4) is 5.82 Å². The van der Waals surface area contributed by atoms with Gasteiger partial charge in [0.05, 0.1) is 0 Å². The fraction of sp³-hybridized carbons (Fsp3) is 0.400. The van der Waals surface area contributed by atoms with Crippen LogP contribution in [0.4, 0.5) is 0 Å². The first-order valence-electron chi connectivity index (χ1n) is 9.70. The lowest BCUT2D eigenvalue weighted by Crippen LogP contribution is -2.36. The molecule has 4 rings (SSSR count). The quantitative estimate of drug-likeness (QED) is 0.461. The Morgan fingerprint density at radius 1 is 1.33 bits per heavy atom. The Balaban J connectivity index is 1.93. The molecule has 2 N–H and O–H groups in total. The van der Waals surface area contributed by atoms with E-state index in [1.807, 2.05) is 17.4 Å². The number of carbonyl (C=O) groups is 1. The van der Waals surface area contributed by atoms with Gasteiger partial charge in [0, 0.05) is 24.4 Å². The predicted molar refractivity (Wildman–Crippen MR) is 110 cm³/mol. The van der Waals surface area contributed by atoms with Crippen LogP contribution in [0.25, 0.3) is 11.3 Å².